The van der Waals surface area contributed by atoms with Crippen molar-refractivity contribution in [1.82, 2.24) is 4.98 Å². The van der Waals surface area contributed by atoms with Crippen molar-refractivity contribution in [2.75, 3.05) is 6.54 Å². The Bertz CT molecular complexity index is 454. The number of aromatic amines is 1. The lowest BCUT2D eigenvalue weighted by Crippen LogP contribution is -2.13. The van der Waals surface area contributed by atoms with Crippen LogP contribution in [0.1, 0.15) is 36.5 Å². The Morgan fingerprint density at radius 2 is 1.78 bits per heavy atom. The van der Waals surface area contributed by atoms with Crippen LogP contribution in [0.4, 0.5) is 0 Å². The quantitative estimate of drug-likeness (QED) is 0.830. The molecular formula is C16H22N2. The molecule has 1 heterocycles. The average molecular weight is 242 g/mol. The van der Waals surface area contributed by atoms with E-state index < -0.39 is 0 Å². The molecule has 96 valence electrons. The molecule has 2 nitrogen and oxygen atoms in total. The number of H-pyrrole nitrogens is 1. The summed E-state index contributed by atoms with van der Waals surface area (Å²) >= 11 is 0. The molecule has 0 saturated heterocycles. The second-order valence-electron chi connectivity index (χ2n) is 5.27. The zero-order valence-electron chi connectivity index (χ0n) is 11.2. The van der Waals surface area contributed by atoms with Crippen molar-refractivity contribution in [2.24, 2.45) is 11.7 Å². The summed E-state index contributed by atoms with van der Waals surface area (Å²) in [5.41, 5.74) is 9.86. The van der Waals surface area contributed by atoms with Crippen molar-refractivity contribution in [3.63, 3.8) is 0 Å². The molecule has 1 unspecified atom stereocenters. The number of nitrogens with two attached hydrogens (primary N) is 1. The third kappa shape index (κ3) is 3.02. The van der Waals surface area contributed by atoms with Crippen LogP contribution >= 0.6 is 0 Å². The molecule has 0 aliphatic heterocycles. The highest BCUT2D eigenvalue weighted by molar-refractivity contribution is 5.33. The third-order valence-electron chi connectivity index (χ3n) is 3.29. The van der Waals surface area contributed by atoms with E-state index in [1.165, 1.54) is 16.7 Å². The molecule has 0 saturated carbocycles. The monoisotopic (exact) mass is 242 g/mol. The van der Waals surface area contributed by atoms with Crippen molar-refractivity contribution >= 4 is 0 Å². The minimum absolute atomic E-state index is 0.296. The summed E-state index contributed by atoms with van der Waals surface area (Å²) in [6.07, 6.45) is 5.11. The minimum Gasteiger partial charge on any atom is -0.367 e. The Hall–Kier alpha value is -1.54. The number of hydrogen-bond acceptors (Lipinski definition) is 1. The van der Waals surface area contributed by atoms with E-state index in [1.807, 2.05) is 12.4 Å². The summed E-state index contributed by atoms with van der Waals surface area (Å²) in [4.78, 5) is 3.10. The van der Waals surface area contributed by atoms with Crippen LogP contribution in [0.5, 0.6) is 0 Å². The van der Waals surface area contributed by atoms with Gasteiger partial charge in [0.25, 0.3) is 0 Å². The summed E-state index contributed by atoms with van der Waals surface area (Å²) in [5.74, 6) is 0.996. The van der Waals surface area contributed by atoms with Gasteiger partial charge in [-0.25, -0.2) is 0 Å². The molecule has 0 bridgehead atoms. The predicted octanol–water partition coefficient (Wildman–Crippen LogP) is 3.30. The molecule has 1 atom stereocenters. The number of rotatable bonds is 5. The maximum Gasteiger partial charge on any atom is 0.0227 e. The van der Waals surface area contributed by atoms with E-state index in [9.17, 15) is 0 Å². The van der Waals surface area contributed by atoms with E-state index in [4.69, 9.17) is 5.73 Å². The van der Waals surface area contributed by atoms with Gasteiger partial charge < -0.3 is 10.7 Å². The van der Waals surface area contributed by atoms with E-state index in [1.54, 1.807) is 0 Å². The highest BCUT2D eigenvalue weighted by atomic mass is 14.6. The zero-order valence-corrected chi connectivity index (χ0v) is 11.2. The van der Waals surface area contributed by atoms with Crippen LogP contribution in [0.25, 0.3) is 0 Å². The molecule has 0 aliphatic rings. The van der Waals surface area contributed by atoms with E-state index >= 15 is 0 Å². The molecule has 2 heteroatoms. The van der Waals surface area contributed by atoms with Gasteiger partial charge in [0.15, 0.2) is 0 Å². The highest BCUT2D eigenvalue weighted by Gasteiger charge is 2.12. The Morgan fingerprint density at radius 3 is 2.28 bits per heavy atom. The Morgan fingerprint density at radius 1 is 1.06 bits per heavy atom. The highest BCUT2D eigenvalue weighted by Crippen LogP contribution is 2.24. The molecule has 3 N–H and O–H groups in total. The molecule has 2 rings (SSSR count). The summed E-state index contributed by atoms with van der Waals surface area (Å²) < 4.78 is 0. The average Bonchev–Trinajstić information content (AvgIpc) is 2.85. The van der Waals surface area contributed by atoms with Gasteiger partial charge in [-0.05, 0) is 35.1 Å². The standard InChI is InChI=1S/C16H22N2/c1-12(2)9-13-3-5-14(6-4-13)16(10-17)15-7-8-18-11-15/h3-8,11-12,16,18H,9-10,17H2,1-2H3. The topological polar surface area (TPSA) is 41.8 Å². The molecule has 0 amide bonds. The van der Waals surface area contributed by atoms with E-state index in [0.717, 1.165) is 6.42 Å². The first-order valence-corrected chi connectivity index (χ1v) is 6.62. The molecule has 1 aromatic heterocycles. The van der Waals surface area contributed by atoms with Gasteiger partial charge in [0.05, 0.1) is 0 Å². The molecular weight excluding hydrogens is 220 g/mol. The molecule has 0 aliphatic carbocycles. The van der Waals surface area contributed by atoms with Gasteiger partial charge in [-0.2, -0.15) is 0 Å². The summed E-state index contributed by atoms with van der Waals surface area (Å²) in [6, 6.07) is 11.0. The fourth-order valence-electron chi connectivity index (χ4n) is 2.38. The normalized spacial score (nSPS) is 12.9. The fraction of sp³-hybridized carbons (Fsp3) is 0.375. The molecule has 2 aromatic rings. The van der Waals surface area contributed by atoms with Gasteiger partial charge in [-0.3, -0.25) is 0 Å². The van der Waals surface area contributed by atoms with Crippen molar-refractivity contribution in [2.45, 2.75) is 26.2 Å². The summed E-state index contributed by atoms with van der Waals surface area (Å²) in [5, 5.41) is 0. The van der Waals surface area contributed by atoms with Crippen molar-refractivity contribution < 1.29 is 0 Å². The smallest absolute Gasteiger partial charge is 0.0227 e. The largest absolute Gasteiger partial charge is 0.367 e. The molecule has 1 aromatic carbocycles. The Labute approximate surface area is 109 Å². The van der Waals surface area contributed by atoms with Crippen LogP contribution in [0.15, 0.2) is 42.7 Å². The lowest BCUT2D eigenvalue weighted by molar-refractivity contribution is 0.647. The van der Waals surface area contributed by atoms with Gasteiger partial charge in [-0.15, -0.1) is 0 Å². The van der Waals surface area contributed by atoms with Crippen LogP contribution in [0.3, 0.4) is 0 Å². The maximum absolute atomic E-state index is 5.90. The molecule has 0 spiro atoms. The van der Waals surface area contributed by atoms with Gasteiger partial charge in [0.1, 0.15) is 0 Å². The van der Waals surface area contributed by atoms with Crippen LogP contribution in [-0.4, -0.2) is 11.5 Å². The van der Waals surface area contributed by atoms with Gasteiger partial charge in [-0.1, -0.05) is 38.1 Å². The van der Waals surface area contributed by atoms with Crippen molar-refractivity contribution in [3.05, 3.63) is 59.4 Å². The fourth-order valence-corrected chi connectivity index (χ4v) is 2.38. The van der Waals surface area contributed by atoms with Gasteiger partial charge in [0.2, 0.25) is 0 Å². The van der Waals surface area contributed by atoms with Gasteiger partial charge >= 0.3 is 0 Å². The number of hydrogen-bond donors (Lipinski definition) is 2. The lowest BCUT2D eigenvalue weighted by Gasteiger charge is -2.15. The van der Waals surface area contributed by atoms with E-state index in [-0.39, 0.29) is 0 Å². The summed E-state index contributed by atoms with van der Waals surface area (Å²) in [6.45, 7) is 5.13. The van der Waals surface area contributed by atoms with E-state index in [2.05, 4.69) is 49.2 Å². The maximum atomic E-state index is 5.90. The third-order valence-corrected chi connectivity index (χ3v) is 3.29. The Kier molecular flexibility index (Phi) is 4.21. The number of benzene rings is 1. The first-order chi connectivity index (χ1) is 8.70. The zero-order chi connectivity index (χ0) is 13.0. The van der Waals surface area contributed by atoms with E-state index in [0.29, 0.717) is 18.4 Å². The first kappa shape index (κ1) is 12.9. The molecule has 0 fully saturated rings. The van der Waals surface area contributed by atoms with Crippen LogP contribution in [0.2, 0.25) is 0 Å². The summed E-state index contributed by atoms with van der Waals surface area (Å²) in [7, 11) is 0. The molecule has 0 radical (unpaired) electrons. The second kappa shape index (κ2) is 5.87. The SMILES string of the molecule is CC(C)Cc1ccc(C(CN)c2cc[nH]c2)cc1. The first-order valence-electron chi connectivity index (χ1n) is 6.62. The van der Waals surface area contributed by atoms with Crippen LogP contribution in [-0.2, 0) is 6.42 Å². The predicted molar refractivity (Wildman–Crippen MR) is 76.7 cm³/mol. The van der Waals surface area contributed by atoms with Crippen molar-refractivity contribution in [3.8, 4) is 0 Å². The Balaban J connectivity index is 2.17. The second-order valence-corrected chi connectivity index (χ2v) is 5.27. The molecule has 18 heavy (non-hydrogen) atoms. The number of aromatic nitrogens is 1. The van der Waals surface area contributed by atoms with Gasteiger partial charge in [0, 0.05) is 24.9 Å². The van der Waals surface area contributed by atoms with Crippen LogP contribution < -0.4 is 5.73 Å². The van der Waals surface area contributed by atoms with Crippen LogP contribution in [0, 0.1) is 5.92 Å². The lowest BCUT2D eigenvalue weighted by atomic mass is 9.91. The minimum atomic E-state index is 0.296. The number of nitrogens with one attached hydrogen (secondary N) is 1. The van der Waals surface area contributed by atoms with Crippen molar-refractivity contribution in [1.29, 1.82) is 0 Å².